The molecule has 0 saturated heterocycles. The molecule has 3 nitrogen and oxygen atoms in total. The first kappa shape index (κ1) is 13.1. The van der Waals surface area contributed by atoms with E-state index in [2.05, 4.69) is 6.07 Å². The molecule has 2 N–H and O–H groups in total. The van der Waals surface area contributed by atoms with Gasteiger partial charge in [-0.15, -0.1) is 11.3 Å². The second kappa shape index (κ2) is 5.55. The summed E-state index contributed by atoms with van der Waals surface area (Å²) in [6, 6.07) is 10.1. The van der Waals surface area contributed by atoms with Gasteiger partial charge in [-0.2, -0.15) is 5.26 Å². The lowest BCUT2D eigenvalue weighted by Crippen LogP contribution is -2.01. The lowest BCUT2D eigenvalue weighted by molar-refractivity contribution is 0.386. The van der Waals surface area contributed by atoms with Crippen LogP contribution >= 0.6 is 11.3 Å². The molecule has 1 aromatic heterocycles. The molecule has 0 radical (unpaired) electrons. The average molecular weight is 274 g/mol. The highest BCUT2D eigenvalue weighted by Gasteiger charge is 2.11. The van der Waals surface area contributed by atoms with Crippen LogP contribution in [0.3, 0.4) is 0 Å². The Morgan fingerprint density at radius 2 is 2.21 bits per heavy atom. The number of nitrogens with zero attached hydrogens (tertiary/aromatic N) is 1. The molecule has 0 amide bonds. The van der Waals surface area contributed by atoms with E-state index in [1.165, 1.54) is 30.6 Å². The maximum atomic E-state index is 13.6. The lowest BCUT2D eigenvalue weighted by Gasteiger charge is -2.07. The fourth-order valence-electron chi connectivity index (χ4n) is 1.65. The molecule has 1 aromatic carbocycles. The van der Waals surface area contributed by atoms with Crippen LogP contribution in [0, 0.1) is 17.1 Å². The molecule has 0 unspecified atom stereocenters. The third-order valence-corrected chi connectivity index (χ3v) is 3.50. The van der Waals surface area contributed by atoms with Crippen LogP contribution in [0.4, 0.5) is 4.39 Å². The van der Waals surface area contributed by atoms with Gasteiger partial charge in [0.1, 0.15) is 6.07 Å². The minimum Gasteiger partial charge on any atom is -0.494 e. The van der Waals surface area contributed by atoms with E-state index >= 15 is 0 Å². The molecule has 5 heteroatoms. The zero-order chi connectivity index (χ0) is 13.8. The molecule has 0 atom stereocenters. The van der Waals surface area contributed by atoms with Gasteiger partial charge in [0, 0.05) is 10.4 Å². The van der Waals surface area contributed by atoms with Crippen LogP contribution in [-0.2, 0) is 0 Å². The first-order chi connectivity index (χ1) is 9.17. The summed E-state index contributed by atoms with van der Waals surface area (Å²) in [6.45, 7) is 0. The Morgan fingerprint density at radius 1 is 1.42 bits per heavy atom. The van der Waals surface area contributed by atoms with Crippen molar-refractivity contribution in [2.24, 2.45) is 5.73 Å². The van der Waals surface area contributed by atoms with Crippen molar-refractivity contribution >= 4 is 22.6 Å². The van der Waals surface area contributed by atoms with E-state index in [4.69, 9.17) is 10.5 Å². The largest absolute Gasteiger partial charge is 0.494 e. The number of hydrogen-bond donors (Lipinski definition) is 1. The van der Waals surface area contributed by atoms with Gasteiger partial charge in [0.15, 0.2) is 11.6 Å². The van der Waals surface area contributed by atoms with Crippen molar-refractivity contribution in [1.82, 2.24) is 0 Å². The molecule has 0 spiro atoms. The number of thiophene rings is 1. The molecule has 1 heterocycles. The van der Waals surface area contributed by atoms with E-state index in [0.717, 1.165) is 4.88 Å². The quantitative estimate of drug-likeness (QED) is 0.874. The number of ether oxygens (including phenoxy) is 1. The van der Waals surface area contributed by atoms with Gasteiger partial charge in [-0.25, -0.2) is 4.39 Å². The Labute approximate surface area is 114 Å². The van der Waals surface area contributed by atoms with E-state index in [1.807, 2.05) is 11.4 Å². The van der Waals surface area contributed by atoms with Crippen LogP contribution in [0.25, 0.3) is 11.3 Å². The number of hydrogen-bond acceptors (Lipinski definition) is 4. The molecule has 0 aliphatic carbocycles. The van der Waals surface area contributed by atoms with E-state index < -0.39 is 5.82 Å². The fourth-order valence-corrected chi connectivity index (χ4v) is 2.38. The van der Waals surface area contributed by atoms with Crippen LogP contribution in [0.2, 0.25) is 0 Å². The van der Waals surface area contributed by atoms with E-state index in [9.17, 15) is 9.65 Å². The number of nitrogens with two attached hydrogens (primary N) is 1. The standard InChI is InChI=1S/C14H11FN2OS/c1-18-12-5-4-9(7-11(12)15)14(17)10(8-16)13-3-2-6-19-13/h2-7H,17H2,1H3/b14-10+. The van der Waals surface area contributed by atoms with Gasteiger partial charge in [0.25, 0.3) is 0 Å². The monoisotopic (exact) mass is 274 g/mol. The van der Waals surface area contributed by atoms with Crippen molar-refractivity contribution < 1.29 is 9.13 Å². The third-order valence-electron chi connectivity index (χ3n) is 2.61. The Hall–Kier alpha value is -2.32. The van der Waals surface area contributed by atoms with Gasteiger partial charge in [-0.1, -0.05) is 6.07 Å². The molecular formula is C14H11FN2OS. The summed E-state index contributed by atoms with van der Waals surface area (Å²) in [7, 11) is 1.39. The van der Waals surface area contributed by atoms with Crippen LogP contribution < -0.4 is 10.5 Å². The zero-order valence-electron chi connectivity index (χ0n) is 10.2. The molecule has 19 heavy (non-hydrogen) atoms. The van der Waals surface area contributed by atoms with Crippen LogP contribution in [0.5, 0.6) is 5.75 Å². The Balaban J connectivity index is 2.51. The Kier molecular flexibility index (Phi) is 3.83. The second-order valence-electron chi connectivity index (χ2n) is 3.73. The van der Waals surface area contributed by atoms with Crippen molar-refractivity contribution in [1.29, 1.82) is 5.26 Å². The average Bonchev–Trinajstić information content (AvgIpc) is 2.93. The molecule has 2 rings (SSSR count). The van der Waals surface area contributed by atoms with Crippen LogP contribution in [-0.4, -0.2) is 7.11 Å². The first-order valence-electron chi connectivity index (χ1n) is 5.45. The van der Waals surface area contributed by atoms with Gasteiger partial charge in [-0.3, -0.25) is 0 Å². The highest BCUT2D eigenvalue weighted by molar-refractivity contribution is 7.11. The summed E-state index contributed by atoms with van der Waals surface area (Å²) in [4.78, 5) is 0.760. The molecule has 0 fully saturated rings. The predicted octanol–water partition coefficient (Wildman–Crippen LogP) is 3.25. The molecule has 0 saturated carbocycles. The predicted molar refractivity (Wildman–Crippen MR) is 73.9 cm³/mol. The van der Waals surface area contributed by atoms with Crippen LogP contribution in [0.15, 0.2) is 35.7 Å². The fraction of sp³-hybridized carbons (Fsp3) is 0.0714. The number of halogens is 1. The Morgan fingerprint density at radius 3 is 2.74 bits per heavy atom. The van der Waals surface area contributed by atoms with Crippen LogP contribution in [0.1, 0.15) is 10.4 Å². The third kappa shape index (κ3) is 2.59. The molecule has 2 aromatic rings. The number of methoxy groups -OCH3 is 1. The molecular weight excluding hydrogens is 263 g/mol. The number of allylic oxidation sites excluding steroid dienone is 1. The summed E-state index contributed by atoms with van der Waals surface area (Å²) in [5.74, 6) is -0.363. The molecule has 0 bridgehead atoms. The summed E-state index contributed by atoms with van der Waals surface area (Å²) >= 11 is 1.41. The minimum absolute atomic E-state index is 0.145. The minimum atomic E-state index is -0.508. The normalized spacial score (nSPS) is 11.6. The summed E-state index contributed by atoms with van der Waals surface area (Å²) < 4.78 is 18.5. The zero-order valence-corrected chi connectivity index (χ0v) is 11.0. The maximum Gasteiger partial charge on any atom is 0.165 e. The summed E-state index contributed by atoms with van der Waals surface area (Å²) in [5.41, 5.74) is 7.02. The number of benzene rings is 1. The SMILES string of the molecule is COc1ccc(/C(N)=C(/C#N)c2cccs2)cc1F. The molecule has 96 valence electrons. The highest BCUT2D eigenvalue weighted by Crippen LogP contribution is 2.27. The Bertz CT molecular complexity index is 657. The van der Waals surface area contributed by atoms with E-state index in [-0.39, 0.29) is 11.4 Å². The summed E-state index contributed by atoms with van der Waals surface area (Å²) in [5, 5.41) is 11.1. The molecule has 0 aliphatic rings. The van der Waals surface area contributed by atoms with Crippen molar-refractivity contribution in [2.75, 3.05) is 7.11 Å². The van der Waals surface area contributed by atoms with E-state index in [1.54, 1.807) is 12.1 Å². The summed E-state index contributed by atoms with van der Waals surface area (Å²) in [6.07, 6.45) is 0. The first-order valence-corrected chi connectivity index (χ1v) is 6.33. The molecule has 0 aliphatic heterocycles. The van der Waals surface area contributed by atoms with Gasteiger partial charge in [0.2, 0.25) is 0 Å². The number of nitriles is 1. The lowest BCUT2D eigenvalue weighted by atomic mass is 10.1. The van der Waals surface area contributed by atoms with E-state index in [0.29, 0.717) is 11.1 Å². The van der Waals surface area contributed by atoms with Gasteiger partial charge < -0.3 is 10.5 Å². The second-order valence-corrected chi connectivity index (χ2v) is 4.67. The maximum absolute atomic E-state index is 13.6. The number of rotatable bonds is 3. The van der Waals surface area contributed by atoms with Crippen molar-refractivity contribution in [3.05, 3.63) is 52.0 Å². The van der Waals surface area contributed by atoms with Crippen molar-refractivity contribution in [2.45, 2.75) is 0 Å². The van der Waals surface area contributed by atoms with Crippen molar-refractivity contribution in [3.8, 4) is 11.8 Å². The van der Waals surface area contributed by atoms with Crippen molar-refractivity contribution in [3.63, 3.8) is 0 Å². The van der Waals surface area contributed by atoms with Gasteiger partial charge >= 0.3 is 0 Å². The smallest absolute Gasteiger partial charge is 0.165 e. The topological polar surface area (TPSA) is 59.0 Å². The van der Waals surface area contributed by atoms with Gasteiger partial charge in [-0.05, 0) is 29.6 Å². The van der Waals surface area contributed by atoms with Gasteiger partial charge in [0.05, 0.1) is 18.4 Å². The highest BCUT2D eigenvalue weighted by atomic mass is 32.1.